The average Bonchev–Trinajstić information content (AvgIpc) is 3.25. The highest BCUT2D eigenvalue weighted by molar-refractivity contribution is 6.41. The maximum atomic E-state index is 12.8. The number of hydrogen-bond donors (Lipinski definition) is 1. The molecule has 1 aliphatic carbocycles. The Bertz CT molecular complexity index is 1130. The van der Waals surface area contributed by atoms with Gasteiger partial charge in [0, 0.05) is 46.9 Å². The van der Waals surface area contributed by atoms with Crippen molar-refractivity contribution in [3.63, 3.8) is 0 Å². The van der Waals surface area contributed by atoms with Crippen molar-refractivity contribution in [1.29, 1.82) is 0 Å². The van der Waals surface area contributed by atoms with Crippen LogP contribution in [0.15, 0.2) is 60.3 Å². The third kappa shape index (κ3) is 4.31. The number of aliphatic hydroxyl groups excluding tert-OH is 1. The lowest BCUT2D eigenvalue weighted by Crippen LogP contribution is -2.35. The predicted molar refractivity (Wildman–Crippen MR) is 128 cm³/mol. The van der Waals surface area contributed by atoms with Crippen molar-refractivity contribution in [1.82, 2.24) is 9.47 Å². The number of carbonyl (C=O) groups is 2. The molecule has 1 aliphatic rings. The largest absolute Gasteiger partial charge is 0.390 e. The second-order valence-electron chi connectivity index (χ2n) is 8.47. The smallest absolute Gasteiger partial charge is 0.197 e. The number of aromatic nitrogens is 1. The molecule has 1 unspecified atom stereocenters. The number of aliphatic hydroxyl groups is 1. The van der Waals surface area contributed by atoms with Crippen molar-refractivity contribution in [2.24, 2.45) is 0 Å². The normalized spacial score (nSPS) is 14.4. The molecule has 1 N–H and O–H groups in total. The highest BCUT2D eigenvalue weighted by Gasteiger charge is 2.32. The fourth-order valence-corrected chi connectivity index (χ4v) is 4.61. The van der Waals surface area contributed by atoms with Crippen LogP contribution in [0.5, 0.6) is 0 Å². The van der Waals surface area contributed by atoms with Gasteiger partial charge in [0.25, 0.3) is 0 Å². The Hall–Kier alpha value is -3.02. The maximum Gasteiger partial charge on any atom is 0.197 e. The van der Waals surface area contributed by atoms with Crippen molar-refractivity contribution in [3.8, 4) is 0 Å². The van der Waals surface area contributed by atoms with Crippen molar-refractivity contribution < 1.29 is 14.7 Å². The number of fused-ring (bicyclic) bond motifs is 2. The van der Waals surface area contributed by atoms with Gasteiger partial charge in [-0.05, 0) is 38.1 Å². The Balaban J connectivity index is 1.64. The zero-order chi connectivity index (χ0) is 22.7. The van der Waals surface area contributed by atoms with Crippen LogP contribution in [0, 0.1) is 0 Å². The molecule has 0 amide bonds. The molecule has 1 atom stereocenters. The highest BCUT2D eigenvalue weighted by Crippen LogP contribution is 2.30. The number of benzene rings is 2. The summed E-state index contributed by atoms with van der Waals surface area (Å²) in [5.74, 6) is -0.450. The Labute approximate surface area is 189 Å². The molecule has 5 heteroatoms. The number of allylic oxidation sites excluding steroid dienone is 1. The van der Waals surface area contributed by atoms with E-state index >= 15 is 0 Å². The molecule has 1 heterocycles. The van der Waals surface area contributed by atoms with Gasteiger partial charge in [-0.3, -0.25) is 9.59 Å². The minimum atomic E-state index is -0.511. The molecule has 0 saturated heterocycles. The fraction of sp³-hybridized carbons (Fsp3) is 0.333. The molecule has 0 fully saturated rings. The first-order chi connectivity index (χ1) is 15.5. The van der Waals surface area contributed by atoms with E-state index in [-0.39, 0.29) is 17.1 Å². The van der Waals surface area contributed by atoms with E-state index in [1.165, 1.54) is 0 Å². The third-order valence-corrected chi connectivity index (χ3v) is 5.98. The number of para-hydroxylation sites is 1. The van der Waals surface area contributed by atoms with Gasteiger partial charge in [-0.2, -0.15) is 0 Å². The molecule has 0 aliphatic heterocycles. The van der Waals surface area contributed by atoms with Crippen LogP contribution in [0.25, 0.3) is 17.0 Å². The summed E-state index contributed by atoms with van der Waals surface area (Å²) in [5.41, 5.74) is 2.93. The van der Waals surface area contributed by atoms with E-state index in [0.29, 0.717) is 24.2 Å². The number of nitrogens with zero attached hydrogens (tertiary/aromatic N) is 2. The first-order valence-corrected chi connectivity index (χ1v) is 11.4. The van der Waals surface area contributed by atoms with Crippen molar-refractivity contribution in [3.05, 3.63) is 77.0 Å². The second-order valence-corrected chi connectivity index (χ2v) is 8.47. The van der Waals surface area contributed by atoms with Crippen molar-refractivity contribution in [2.75, 3.05) is 19.6 Å². The number of carbonyl (C=O) groups excluding carboxylic acids is 2. The van der Waals surface area contributed by atoms with Gasteiger partial charge in [-0.1, -0.05) is 56.3 Å². The summed E-state index contributed by atoms with van der Waals surface area (Å²) in [6.45, 7) is 7.32. The van der Waals surface area contributed by atoms with Gasteiger partial charge in [-0.25, -0.2) is 0 Å². The Morgan fingerprint density at radius 3 is 2.16 bits per heavy atom. The number of rotatable bonds is 9. The summed E-state index contributed by atoms with van der Waals surface area (Å²) in [6.07, 6.45) is 5.25. The van der Waals surface area contributed by atoms with Gasteiger partial charge in [0.05, 0.1) is 11.7 Å². The van der Waals surface area contributed by atoms with Gasteiger partial charge in [0.2, 0.25) is 0 Å². The Morgan fingerprint density at radius 1 is 0.938 bits per heavy atom. The first-order valence-electron chi connectivity index (χ1n) is 11.4. The summed E-state index contributed by atoms with van der Waals surface area (Å²) >= 11 is 0. The molecule has 0 bridgehead atoms. The number of hydrogen-bond acceptors (Lipinski definition) is 4. The standard InChI is InChI=1S/C27H30N2O3/c1-3-13-28(14-4-2)17-20(30)18-29-16-19(21-9-7-8-12-25(21)29)15-24-26(31)22-10-5-6-11-23(22)27(24)32/h5-12,15-16,20,30H,3-4,13-14,17-18H2,1-2H3. The molecule has 0 saturated carbocycles. The molecule has 2 aromatic carbocycles. The summed E-state index contributed by atoms with van der Waals surface area (Å²) in [7, 11) is 0. The van der Waals surface area contributed by atoms with Gasteiger partial charge in [-0.15, -0.1) is 0 Å². The van der Waals surface area contributed by atoms with Crippen LogP contribution >= 0.6 is 0 Å². The average molecular weight is 431 g/mol. The van der Waals surface area contributed by atoms with E-state index in [4.69, 9.17) is 0 Å². The zero-order valence-electron chi connectivity index (χ0n) is 18.8. The molecule has 4 rings (SSSR count). The number of Topliss-reactive ketones (excluding diaryl/α,β-unsaturated/α-hetero) is 2. The van der Waals surface area contributed by atoms with Crippen LogP contribution in [-0.4, -0.2) is 51.9 Å². The number of ketones is 2. The molecular formula is C27H30N2O3. The van der Waals surface area contributed by atoms with E-state index < -0.39 is 6.10 Å². The fourth-order valence-electron chi connectivity index (χ4n) is 4.61. The van der Waals surface area contributed by atoms with E-state index in [1.807, 2.05) is 35.0 Å². The molecule has 1 aromatic heterocycles. The van der Waals surface area contributed by atoms with Crippen LogP contribution in [0.4, 0.5) is 0 Å². The van der Waals surface area contributed by atoms with E-state index in [0.717, 1.165) is 42.4 Å². The van der Waals surface area contributed by atoms with Gasteiger partial charge < -0.3 is 14.6 Å². The topological polar surface area (TPSA) is 62.5 Å². The second kappa shape index (κ2) is 9.63. The van der Waals surface area contributed by atoms with Gasteiger partial charge in [0.15, 0.2) is 11.6 Å². The van der Waals surface area contributed by atoms with Crippen molar-refractivity contribution >= 4 is 28.5 Å². The maximum absolute atomic E-state index is 12.8. The monoisotopic (exact) mass is 430 g/mol. The minimum Gasteiger partial charge on any atom is -0.390 e. The van der Waals surface area contributed by atoms with Crippen LogP contribution in [-0.2, 0) is 6.54 Å². The molecule has 3 aromatic rings. The lowest BCUT2D eigenvalue weighted by atomic mass is 10.1. The predicted octanol–water partition coefficient (Wildman–Crippen LogP) is 4.59. The molecular weight excluding hydrogens is 400 g/mol. The summed E-state index contributed by atoms with van der Waals surface area (Å²) in [5, 5.41) is 11.8. The third-order valence-electron chi connectivity index (χ3n) is 5.98. The first kappa shape index (κ1) is 22.2. The van der Waals surface area contributed by atoms with Crippen LogP contribution < -0.4 is 0 Å². The van der Waals surface area contributed by atoms with Crippen LogP contribution in [0.1, 0.15) is 53.0 Å². The summed E-state index contributed by atoms with van der Waals surface area (Å²) in [6, 6.07) is 14.9. The van der Waals surface area contributed by atoms with E-state index in [9.17, 15) is 14.7 Å². The molecule has 166 valence electrons. The Kier molecular flexibility index (Phi) is 6.68. The minimum absolute atomic E-state index is 0.201. The molecule has 0 spiro atoms. The van der Waals surface area contributed by atoms with Gasteiger partial charge in [0.1, 0.15) is 0 Å². The zero-order valence-corrected chi connectivity index (χ0v) is 18.8. The van der Waals surface area contributed by atoms with Crippen LogP contribution in [0.2, 0.25) is 0 Å². The van der Waals surface area contributed by atoms with E-state index in [1.54, 1.807) is 30.3 Å². The lowest BCUT2D eigenvalue weighted by Gasteiger charge is -2.24. The summed E-state index contributed by atoms with van der Waals surface area (Å²) in [4.78, 5) is 28.0. The molecule has 0 radical (unpaired) electrons. The quantitative estimate of drug-likeness (QED) is 0.399. The molecule has 32 heavy (non-hydrogen) atoms. The van der Waals surface area contributed by atoms with Crippen LogP contribution in [0.3, 0.4) is 0 Å². The van der Waals surface area contributed by atoms with E-state index in [2.05, 4.69) is 18.7 Å². The Morgan fingerprint density at radius 2 is 1.53 bits per heavy atom. The SMILES string of the molecule is CCCN(CCC)CC(O)Cn1cc(C=C2C(=O)c3ccccc3C2=O)c2ccccc21. The lowest BCUT2D eigenvalue weighted by molar-refractivity contribution is 0.0982. The van der Waals surface area contributed by atoms with Gasteiger partial charge >= 0.3 is 0 Å². The highest BCUT2D eigenvalue weighted by atomic mass is 16.3. The molecule has 5 nitrogen and oxygen atoms in total. The van der Waals surface area contributed by atoms with Crippen molar-refractivity contribution in [2.45, 2.75) is 39.3 Å². The summed E-state index contributed by atoms with van der Waals surface area (Å²) < 4.78 is 2.03.